The Hall–Kier alpha value is -2.99. The van der Waals surface area contributed by atoms with E-state index >= 15 is 0 Å². The van der Waals surface area contributed by atoms with E-state index in [0.717, 1.165) is 11.5 Å². The van der Waals surface area contributed by atoms with Crippen molar-refractivity contribution in [2.24, 2.45) is 5.92 Å². The smallest absolute Gasteiger partial charge is 0.477 e. The number of carboxylic acids is 1. The molecule has 32 heavy (non-hydrogen) atoms. The number of aromatic nitrogens is 1. The number of hydrogen-bond acceptors (Lipinski definition) is 4. The normalized spacial score (nSPS) is 16.1. The van der Waals surface area contributed by atoms with Crippen molar-refractivity contribution < 1.29 is 28.9 Å². The highest BCUT2D eigenvalue weighted by molar-refractivity contribution is 7.42. The third kappa shape index (κ3) is 4.32. The molecule has 6 nitrogen and oxygen atoms in total. The average molecular weight is 456 g/mol. The number of para-hydroxylation sites is 1. The van der Waals surface area contributed by atoms with Crippen LogP contribution in [0.25, 0.3) is 17.0 Å². The molecule has 0 fully saturated rings. The monoisotopic (exact) mass is 456 g/mol. The van der Waals surface area contributed by atoms with Crippen LogP contribution >= 0.6 is 8.03 Å². The van der Waals surface area contributed by atoms with Crippen molar-refractivity contribution in [3.63, 3.8) is 0 Å². The Bertz CT molecular complexity index is 1160. The van der Waals surface area contributed by atoms with E-state index in [1.165, 1.54) is 36.4 Å². The van der Waals surface area contributed by atoms with E-state index in [9.17, 15) is 28.9 Å². The summed E-state index contributed by atoms with van der Waals surface area (Å²) >= 11 is 0. The fraction of sp³-hybridized carbons (Fsp3) is 0.250. The van der Waals surface area contributed by atoms with Crippen molar-refractivity contribution in [3.05, 3.63) is 83.8 Å². The van der Waals surface area contributed by atoms with Gasteiger partial charge in [-0.25, -0.2) is 14.2 Å². The van der Waals surface area contributed by atoms with Gasteiger partial charge in [0.1, 0.15) is 5.82 Å². The molecule has 166 valence electrons. The minimum atomic E-state index is -3.48. The van der Waals surface area contributed by atoms with E-state index in [0.29, 0.717) is 11.1 Å². The summed E-state index contributed by atoms with van der Waals surface area (Å²) < 4.78 is 25.9. The predicted octanol–water partition coefficient (Wildman–Crippen LogP) is 4.88. The molecule has 0 aliphatic heterocycles. The predicted molar refractivity (Wildman–Crippen MR) is 121 cm³/mol. The first-order valence-electron chi connectivity index (χ1n) is 10.0. The van der Waals surface area contributed by atoms with Crippen LogP contribution in [0, 0.1) is 11.7 Å². The number of aliphatic hydroxyl groups is 1. The molecule has 0 aliphatic rings. The zero-order valence-electron chi connectivity index (χ0n) is 17.6. The number of carboxylic acid groups (broad SMARTS) is 1. The molecule has 3 unspecified atom stereocenters. The average Bonchev–Trinajstić information content (AvgIpc) is 2.74. The van der Waals surface area contributed by atoms with Gasteiger partial charge in [-0.1, -0.05) is 56.3 Å². The Kier molecular flexibility index (Phi) is 6.84. The molecule has 0 saturated carbocycles. The van der Waals surface area contributed by atoms with Gasteiger partial charge in [-0.15, -0.1) is 0 Å². The van der Waals surface area contributed by atoms with Crippen molar-refractivity contribution in [2.75, 3.05) is 0 Å². The van der Waals surface area contributed by atoms with Gasteiger partial charge in [-0.05, 0) is 52.8 Å². The number of aliphatic carboxylic acids is 1. The number of nitrogens with zero attached hydrogens (tertiary/aromatic N) is 1. The van der Waals surface area contributed by atoms with Crippen LogP contribution in [0.5, 0.6) is 0 Å². The molecule has 0 spiro atoms. The first-order valence-corrected chi connectivity index (χ1v) is 11.2. The van der Waals surface area contributed by atoms with Crippen molar-refractivity contribution in [2.45, 2.75) is 31.0 Å². The molecule has 3 N–H and O–H groups in total. The number of carbonyl (C=O) groups is 1. The summed E-state index contributed by atoms with van der Waals surface area (Å²) in [5.74, 6) is -2.38. The Morgan fingerprint density at radius 1 is 1.12 bits per heavy atom. The topological polar surface area (TPSA) is 108 Å². The number of hydrogen-bond donors (Lipinski definition) is 3. The van der Waals surface area contributed by atoms with Crippen LogP contribution in [0.4, 0.5) is 4.39 Å². The summed E-state index contributed by atoms with van der Waals surface area (Å²) in [6.45, 7) is 3.54. The molecular formula is C24H24FNO5P+. The van der Waals surface area contributed by atoms with Crippen LogP contribution in [-0.4, -0.2) is 31.2 Å². The lowest BCUT2D eigenvalue weighted by Gasteiger charge is -2.35. The SMILES string of the molecule is CC(C)CC(O)(c1ccc2ccccc2n1)C(C=Cc1ccc(F)cc1)(C(=O)O)[P+](=O)O. The molecular weight excluding hydrogens is 432 g/mol. The molecule has 0 bridgehead atoms. The van der Waals surface area contributed by atoms with Gasteiger partial charge in [0.2, 0.25) is 0 Å². The second-order valence-electron chi connectivity index (χ2n) is 8.08. The number of pyridine rings is 1. The summed E-state index contributed by atoms with van der Waals surface area (Å²) in [5, 5.41) is 20.3. The fourth-order valence-electron chi connectivity index (χ4n) is 3.82. The maximum Gasteiger partial charge on any atom is 0.531 e. The molecule has 0 radical (unpaired) electrons. The van der Waals surface area contributed by atoms with Gasteiger partial charge in [0.05, 0.1) is 11.2 Å². The Morgan fingerprint density at radius 3 is 2.38 bits per heavy atom. The first kappa shape index (κ1) is 23.7. The van der Waals surface area contributed by atoms with E-state index in [1.54, 1.807) is 32.0 Å². The van der Waals surface area contributed by atoms with E-state index < -0.39 is 30.6 Å². The molecule has 3 rings (SSSR count). The highest BCUT2D eigenvalue weighted by Crippen LogP contribution is 2.53. The van der Waals surface area contributed by atoms with Gasteiger partial charge in [0, 0.05) is 5.39 Å². The number of halogens is 1. The highest BCUT2D eigenvalue weighted by atomic mass is 31.1. The van der Waals surface area contributed by atoms with Crippen LogP contribution in [0.1, 0.15) is 31.5 Å². The zero-order chi connectivity index (χ0) is 23.5. The Morgan fingerprint density at radius 2 is 1.78 bits per heavy atom. The third-order valence-electron chi connectivity index (χ3n) is 5.37. The van der Waals surface area contributed by atoms with Crippen LogP contribution in [0.3, 0.4) is 0 Å². The number of rotatable bonds is 8. The van der Waals surface area contributed by atoms with Gasteiger partial charge >= 0.3 is 19.2 Å². The largest absolute Gasteiger partial charge is 0.531 e. The number of benzene rings is 2. The van der Waals surface area contributed by atoms with Gasteiger partial charge in [-0.2, -0.15) is 4.89 Å². The highest BCUT2D eigenvalue weighted by Gasteiger charge is 2.70. The second-order valence-corrected chi connectivity index (χ2v) is 9.33. The van der Waals surface area contributed by atoms with Crippen LogP contribution < -0.4 is 0 Å². The molecule has 0 saturated heterocycles. The molecule has 0 amide bonds. The van der Waals surface area contributed by atoms with Gasteiger partial charge in [0.25, 0.3) is 0 Å². The van der Waals surface area contributed by atoms with E-state index in [4.69, 9.17) is 0 Å². The zero-order valence-corrected chi connectivity index (χ0v) is 18.5. The van der Waals surface area contributed by atoms with Crippen molar-refractivity contribution >= 4 is 31.0 Å². The lowest BCUT2D eigenvalue weighted by Crippen LogP contribution is -2.54. The van der Waals surface area contributed by atoms with Crippen LogP contribution in [-0.2, 0) is 15.0 Å². The van der Waals surface area contributed by atoms with Crippen molar-refractivity contribution in [3.8, 4) is 0 Å². The molecule has 3 aromatic rings. The molecule has 0 aliphatic carbocycles. The summed E-state index contributed by atoms with van der Waals surface area (Å²) in [6, 6.07) is 15.4. The molecule has 3 atom stereocenters. The summed E-state index contributed by atoms with van der Waals surface area (Å²) in [6.07, 6.45) is 2.17. The minimum Gasteiger partial charge on any atom is -0.477 e. The Balaban J connectivity index is 2.27. The fourth-order valence-corrected chi connectivity index (χ4v) is 4.71. The summed E-state index contributed by atoms with van der Waals surface area (Å²) in [4.78, 5) is 27.3. The Labute approximate surface area is 185 Å². The van der Waals surface area contributed by atoms with E-state index in [1.807, 2.05) is 12.1 Å². The summed E-state index contributed by atoms with van der Waals surface area (Å²) in [7, 11) is -3.48. The third-order valence-corrected chi connectivity index (χ3v) is 6.68. The van der Waals surface area contributed by atoms with Crippen LogP contribution in [0.2, 0.25) is 0 Å². The van der Waals surface area contributed by atoms with Gasteiger partial charge in [0.15, 0.2) is 5.60 Å². The van der Waals surface area contributed by atoms with Crippen molar-refractivity contribution in [1.82, 2.24) is 4.98 Å². The van der Waals surface area contributed by atoms with E-state index in [-0.39, 0.29) is 18.0 Å². The van der Waals surface area contributed by atoms with Crippen molar-refractivity contribution in [1.29, 1.82) is 0 Å². The molecule has 8 heteroatoms. The minimum absolute atomic E-state index is 0.0199. The van der Waals surface area contributed by atoms with E-state index in [2.05, 4.69) is 4.98 Å². The van der Waals surface area contributed by atoms with Gasteiger partial charge in [-0.3, -0.25) is 0 Å². The molecule has 1 heterocycles. The maximum absolute atomic E-state index is 13.2. The standard InChI is InChI=1S/C24H23FNO5P/c1-16(2)15-23(29,21-12-9-18-5-3-4-6-20(18)26-21)24(22(27)28,32(30)31)14-13-17-7-10-19(25)11-8-17/h3-14,16,29H,15H2,1-2H3,(H-,27,28,30,31)/p+1. The molecule has 2 aromatic carbocycles. The lowest BCUT2D eigenvalue weighted by molar-refractivity contribution is -0.148. The second kappa shape index (κ2) is 9.25. The van der Waals surface area contributed by atoms with Gasteiger partial charge < -0.3 is 10.2 Å². The summed E-state index contributed by atoms with van der Waals surface area (Å²) in [5.41, 5.74) is -1.40. The quantitative estimate of drug-likeness (QED) is 0.417. The maximum atomic E-state index is 13.2. The lowest BCUT2D eigenvalue weighted by atomic mass is 9.76. The van der Waals surface area contributed by atoms with Crippen LogP contribution in [0.15, 0.2) is 66.7 Å². The first-order chi connectivity index (χ1) is 15.1. The number of fused-ring (bicyclic) bond motifs is 1. The molecule has 1 aromatic heterocycles.